The third kappa shape index (κ3) is 2.43. The maximum atomic E-state index is 6.14. The highest BCUT2D eigenvalue weighted by atomic mass is 15.2. The van der Waals surface area contributed by atoms with Crippen molar-refractivity contribution in [3.8, 4) is 0 Å². The van der Waals surface area contributed by atoms with Crippen LogP contribution >= 0.6 is 0 Å². The van der Waals surface area contributed by atoms with E-state index in [1.807, 2.05) is 0 Å². The average Bonchev–Trinajstić information content (AvgIpc) is 2.30. The minimum atomic E-state index is 0.243. The van der Waals surface area contributed by atoms with E-state index in [9.17, 15) is 0 Å². The Morgan fingerprint density at radius 2 is 2.00 bits per heavy atom. The first-order valence-electron chi connectivity index (χ1n) is 6.91. The predicted molar refractivity (Wildman–Crippen MR) is 71.5 cm³/mol. The number of rotatable bonds is 4. The second-order valence-electron chi connectivity index (χ2n) is 5.96. The molecule has 2 heteroatoms. The second kappa shape index (κ2) is 5.50. The minimum Gasteiger partial charge on any atom is -0.329 e. The number of nitrogens with zero attached hydrogens (tertiary/aromatic N) is 1. The van der Waals surface area contributed by atoms with Gasteiger partial charge < -0.3 is 5.73 Å². The van der Waals surface area contributed by atoms with E-state index in [0.29, 0.717) is 6.04 Å². The van der Waals surface area contributed by atoms with Crippen molar-refractivity contribution in [1.29, 1.82) is 0 Å². The molecule has 16 heavy (non-hydrogen) atoms. The van der Waals surface area contributed by atoms with Gasteiger partial charge in [0.15, 0.2) is 0 Å². The highest BCUT2D eigenvalue weighted by molar-refractivity contribution is 5.00. The molecule has 0 radical (unpaired) electrons. The Hall–Kier alpha value is -0.0800. The Morgan fingerprint density at radius 3 is 2.50 bits per heavy atom. The van der Waals surface area contributed by atoms with Crippen molar-refractivity contribution in [1.82, 2.24) is 4.90 Å². The van der Waals surface area contributed by atoms with Crippen molar-refractivity contribution < 1.29 is 0 Å². The van der Waals surface area contributed by atoms with E-state index in [1.165, 1.54) is 25.7 Å². The number of likely N-dealkylation sites (N-methyl/N-ethyl adjacent to an activating group) is 1. The topological polar surface area (TPSA) is 29.3 Å². The van der Waals surface area contributed by atoms with E-state index in [4.69, 9.17) is 5.73 Å². The van der Waals surface area contributed by atoms with Gasteiger partial charge in [0.1, 0.15) is 0 Å². The highest BCUT2D eigenvalue weighted by Gasteiger charge is 2.43. The summed E-state index contributed by atoms with van der Waals surface area (Å²) in [4.78, 5) is 2.56. The molecule has 96 valence electrons. The number of hydrogen-bond donors (Lipinski definition) is 1. The van der Waals surface area contributed by atoms with Crippen LogP contribution in [0.4, 0.5) is 0 Å². The zero-order valence-corrected chi connectivity index (χ0v) is 11.8. The maximum Gasteiger partial charge on any atom is 0.0359 e. The lowest BCUT2D eigenvalue weighted by molar-refractivity contribution is -0.00994. The first-order valence-corrected chi connectivity index (χ1v) is 6.91. The minimum absolute atomic E-state index is 0.243. The molecule has 0 aromatic carbocycles. The van der Waals surface area contributed by atoms with Crippen molar-refractivity contribution in [2.24, 2.45) is 17.6 Å². The fraction of sp³-hybridized carbons (Fsp3) is 1.00. The van der Waals surface area contributed by atoms with E-state index >= 15 is 0 Å². The molecule has 0 aromatic rings. The number of nitrogens with two attached hydrogens (primary N) is 1. The molecule has 1 aliphatic carbocycles. The first-order chi connectivity index (χ1) is 7.47. The molecule has 1 aliphatic rings. The molecule has 0 aliphatic heterocycles. The highest BCUT2D eigenvalue weighted by Crippen LogP contribution is 2.40. The molecule has 0 bridgehead atoms. The van der Waals surface area contributed by atoms with Crippen LogP contribution in [0.1, 0.15) is 53.4 Å². The summed E-state index contributed by atoms with van der Waals surface area (Å²) >= 11 is 0. The Balaban J connectivity index is 2.88. The molecule has 4 atom stereocenters. The van der Waals surface area contributed by atoms with Gasteiger partial charge in [-0.15, -0.1) is 0 Å². The quantitative estimate of drug-likeness (QED) is 0.798. The molecule has 1 rings (SSSR count). The lowest BCUT2D eigenvalue weighted by Crippen LogP contribution is -2.61. The lowest BCUT2D eigenvalue weighted by atomic mass is 9.68. The van der Waals surface area contributed by atoms with Crippen molar-refractivity contribution in [2.45, 2.75) is 65.0 Å². The maximum absolute atomic E-state index is 6.14. The Bertz CT molecular complexity index is 217. The first kappa shape index (κ1) is 14.0. The standard InChI is InChI=1S/C14H30N2/c1-6-13(4)16(5)14(10-15)9-11(2)7-8-12(14)3/h11-13H,6-10,15H2,1-5H3. The molecule has 1 saturated carbocycles. The molecule has 2 N–H and O–H groups in total. The van der Waals surface area contributed by atoms with Crippen LogP contribution in [0.3, 0.4) is 0 Å². The summed E-state index contributed by atoms with van der Waals surface area (Å²) in [6, 6.07) is 0.635. The van der Waals surface area contributed by atoms with E-state index in [2.05, 4.69) is 39.6 Å². The largest absolute Gasteiger partial charge is 0.329 e. The molecule has 0 heterocycles. The van der Waals surface area contributed by atoms with Crippen molar-refractivity contribution in [3.05, 3.63) is 0 Å². The molecule has 0 spiro atoms. The molecular formula is C14H30N2. The van der Waals surface area contributed by atoms with Gasteiger partial charge in [-0.2, -0.15) is 0 Å². The van der Waals surface area contributed by atoms with Gasteiger partial charge in [0, 0.05) is 18.1 Å². The van der Waals surface area contributed by atoms with Gasteiger partial charge >= 0.3 is 0 Å². The van der Waals surface area contributed by atoms with Gasteiger partial charge in [-0.3, -0.25) is 4.90 Å². The third-order valence-corrected chi connectivity index (χ3v) is 5.02. The van der Waals surface area contributed by atoms with Crippen LogP contribution in [-0.4, -0.2) is 30.1 Å². The fourth-order valence-corrected chi connectivity index (χ4v) is 3.34. The molecule has 0 amide bonds. The van der Waals surface area contributed by atoms with Gasteiger partial charge in [-0.1, -0.05) is 27.2 Å². The van der Waals surface area contributed by atoms with Crippen LogP contribution in [0.2, 0.25) is 0 Å². The normalized spacial score (nSPS) is 37.7. The van der Waals surface area contributed by atoms with E-state index in [0.717, 1.165) is 18.4 Å². The number of hydrogen-bond acceptors (Lipinski definition) is 2. The van der Waals surface area contributed by atoms with E-state index < -0.39 is 0 Å². The van der Waals surface area contributed by atoms with Crippen molar-refractivity contribution in [3.63, 3.8) is 0 Å². The van der Waals surface area contributed by atoms with E-state index in [1.54, 1.807) is 0 Å². The van der Waals surface area contributed by atoms with Gasteiger partial charge in [-0.05, 0) is 45.1 Å². The monoisotopic (exact) mass is 226 g/mol. The second-order valence-corrected chi connectivity index (χ2v) is 5.96. The zero-order valence-electron chi connectivity index (χ0n) is 11.8. The van der Waals surface area contributed by atoms with Crippen LogP contribution in [0.25, 0.3) is 0 Å². The molecule has 1 fully saturated rings. The summed E-state index contributed by atoms with van der Waals surface area (Å²) < 4.78 is 0. The smallest absolute Gasteiger partial charge is 0.0359 e. The van der Waals surface area contributed by atoms with Gasteiger partial charge in [0.25, 0.3) is 0 Å². The molecule has 0 aromatic heterocycles. The van der Waals surface area contributed by atoms with Gasteiger partial charge in [-0.25, -0.2) is 0 Å². The van der Waals surface area contributed by atoms with Crippen LogP contribution in [-0.2, 0) is 0 Å². The van der Waals surface area contributed by atoms with Gasteiger partial charge in [0.05, 0.1) is 0 Å². The van der Waals surface area contributed by atoms with Crippen LogP contribution < -0.4 is 5.73 Å². The van der Waals surface area contributed by atoms with Crippen molar-refractivity contribution >= 4 is 0 Å². The summed E-state index contributed by atoms with van der Waals surface area (Å²) in [6.45, 7) is 10.2. The summed E-state index contributed by atoms with van der Waals surface area (Å²) in [5, 5.41) is 0. The van der Waals surface area contributed by atoms with Crippen molar-refractivity contribution in [2.75, 3.05) is 13.6 Å². The zero-order chi connectivity index (χ0) is 12.3. The fourth-order valence-electron chi connectivity index (χ4n) is 3.34. The summed E-state index contributed by atoms with van der Waals surface area (Å²) in [5.41, 5.74) is 6.39. The SMILES string of the molecule is CCC(C)N(C)C1(CN)CC(C)CCC1C. The van der Waals surface area contributed by atoms with Gasteiger partial charge in [0.2, 0.25) is 0 Å². The molecule has 2 nitrogen and oxygen atoms in total. The Labute approximate surface area is 102 Å². The summed E-state index contributed by atoms with van der Waals surface area (Å²) in [6.07, 6.45) is 5.18. The summed E-state index contributed by atoms with van der Waals surface area (Å²) in [5.74, 6) is 1.55. The predicted octanol–water partition coefficient (Wildman–Crippen LogP) is 2.87. The average molecular weight is 226 g/mol. The molecule has 4 unspecified atom stereocenters. The van der Waals surface area contributed by atoms with Crippen LogP contribution in [0.5, 0.6) is 0 Å². The summed E-state index contributed by atoms with van der Waals surface area (Å²) in [7, 11) is 2.27. The molecular weight excluding hydrogens is 196 g/mol. The molecule has 0 saturated heterocycles. The van der Waals surface area contributed by atoms with Crippen LogP contribution in [0.15, 0.2) is 0 Å². The lowest BCUT2D eigenvalue weighted by Gasteiger charge is -2.52. The third-order valence-electron chi connectivity index (χ3n) is 5.02. The van der Waals surface area contributed by atoms with E-state index in [-0.39, 0.29) is 5.54 Å². The Kier molecular flexibility index (Phi) is 4.81. The Morgan fingerprint density at radius 1 is 1.38 bits per heavy atom. The van der Waals surface area contributed by atoms with Crippen LogP contribution in [0, 0.1) is 11.8 Å².